The maximum absolute atomic E-state index is 13.4. The number of carbonyl (C=O) groups excluding carboxylic acids is 1. The number of allylic oxidation sites excluding steroid dienone is 2. The van der Waals surface area contributed by atoms with E-state index in [1.54, 1.807) is 12.1 Å². The summed E-state index contributed by atoms with van der Waals surface area (Å²) in [6, 6.07) is 6.11. The molecule has 1 aromatic rings. The maximum Gasteiger partial charge on any atom is 0.412 e. The van der Waals surface area contributed by atoms with Crippen LogP contribution >= 0.6 is 15.9 Å². The Kier molecular flexibility index (Phi) is 9.61. The van der Waals surface area contributed by atoms with Gasteiger partial charge in [-0.3, -0.25) is 4.79 Å². The Morgan fingerprint density at radius 2 is 1.74 bits per heavy atom. The molecule has 0 bridgehead atoms. The average molecular weight is 524 g/mol. The number of halogens is 4. The van der Waals surface area contributed by atoms with Gasteiger partial charge in [0.2, 0.25) is 15.9 Å². The van der Waals surface area contributed by atoms with E-state index in [1.807, 2.05) is 0 Å². The Bertz CT molecular complexity index is 861. The van der Waals surface area contributed by atoms with Crippen molar-refractivity contribution in [1.29, 1.82) is 0 Å². The predicted octanol–water partition coefficient (Wildman–Crippen LogP) is 6.76. The van der Waals surface area contributed by atoms with Gasteiger partial charge in [-0.2, -0.15) is 13.2 Å². The van der Waals surface area contributed by atoms with Crippen molar-refractivity contribution in [1.82, 2.24) is 0 Å². The topological polar surface area (TPSA) is 54.5 Å². The second-order valence-electron chi connectivity index (χ2n) is 8.06. The number of carbonyl (C=O) groups is 1. The van der Waals surface area contributed by atoms with Gasteiger partial charge in [0, 0.05) is 16.5 Å². The van der Waals surface area contributed by atoms with E-state index in [-0.39, 0.29) is 24.9 Å². The third-order valence-electron chi connectivity index (χ3n) is 5.52. The molecule has 0 atom stereocenters. The van der Waals surface area contributed by atoms with E-state index in [0.29, 0.717) is 21.1 Å². The molecule has 4 nitrogen and oxygen atoms in total. The molecule has 9 heteroatoms. The lowest BCUT2D eigenvalue weighted by Gasteiger charge is -2.22. The van der Waals surface area contributed by atoms with Crippen molar-refractivity contribution in [2.24, 2.45) is 5.92 Å². The van der Waals surface area contributed by atoms with Crippen LogP contribution < -0.4 is 4.31 Å². The molecule has 1 fully saturated rings. The number of benzene rings is 1. The molecule has 1 aliphatic rings. The fourth-order valence-electron chi connectivity index (χ4n) is 3.98. The van der Waals surface area contributed by atoms with E-state index in [2.05, 4.69) is 15.9 Å². The molecule has 1 aliphatic carbocycles. The van der Waals surface area contributed by atoms with Crippen molar-refractivity contribution < 1.29 is 26.4 Å². The van der Waals surface area contributed by atoms with Crippen LogP contribution in [0.5, 0.6) is 0 Å². The van der Waals surface area contributed by atoms with Crippen LogP contribution in [0, 0.1) is 5.92 Å². The van der Waals surface area contributed by atoms with Crippen LogP contribution in [0.4, 0.5) is 18.9 Å². The summed E-state index contributed by atoms with van der Waals surface area (Å²) in [5.41, 5.74) is -0.478. The molecular formula is C22H29BrF3NO3S. The lowest BCUT2D eigenvalue weighted by Crippen LogP contribution is -2.35. The first-order valence-electron chi connectivity index (χ1n) is 10.5. The van der Waals surface area contributed by atoms with Gasteiger partial charge in [0.1, 0.15) is 0 Å². The molecule has 0 spiro atoms. The second-order valence-corrected chi connectivity index (χ2v) is 10.8. The van der Waals surface area contributed by atoms with Crippen molar-refractivity contribution in [3.05, 3.63) is 40.4 Å². The van der Waals surface area contributed by atoms with Gasteiger partial charge in [0.25, 0.3) is 0 Å². The zero-order chi connectivity index (χ0) is 23.1. The number of hydrogen-bond donors (Lipinski definition) is 0. The maximum atomic E-state index is 13.4. The fraction of sp³-hybridized carbons (Fsp3) is 0.591. The SMILES string of the molecule is CS(=O)(=O)N(C(=O)CCC=C(CCCC1CCCCC1)C(F)(F)F)c1ccc(Br)cc1. The van der Waals surface area contributed by atoms with E-state index in [9.17, 15) is 26.4 Å². The summed E-state index contributed by atoms with van der Waals surface area (Å²) in [6.07, 6.45) is 3.90. The number of alkyl halides is 3. The largest absolute Gasteiger partial charge is 0.412 e. The first-order chi connectivity index (χ1) is 14.5. The van der Waals surface area contributed by atoms with Crippen molar-refractivity contribution in [3.63, 3.8) is 0 Å². The Balaban J connectivity index is 2.00. The lowest BCUT2D eigenvalue weighted by atomic mass is 9.85. The zero-order valence-electron chi connectivity index (χ0n) is 17.6. The van der Waals surface area contributed by atoms with Crippen molar-refractivity contribution in [2.45, 2.75) is 70.4 Å². The normalized spacial score (nSPS) is 16.4. The van der Waals surface area contributed by atoms with Crippen molar-refractivity contribution >= 4 is 37.5 Å². The summed E-state index contributed by atoms with van der Waals surface area (Å²) < 4.78 is 65.8. The summed E-state index contributed by atoms with van der Waals surface area (Å²) >= 11 is 3.24. The van der Waals surface area contributed by atoms with Gasteiger partial charge >= 0.3 is 6.18 Å². The summed E-state index contributed by atoms with van der Waals surface area (Å²) in [4.78, 5) is 12.6. The first kappa shape index (κ1) is 25.9. The van der Waals surface area contributed by atoms with Crippen LogP contribution in [-0.2, 0) is 14.8 Å². The number of amides is 1. The smallest absolute Gasteiger partial charge is 0.273 e. The monoisotopic (exact) mass is 523 g/mol. The molecule has 31 heavy (non-hydrogen) atoms. The van der Waals surface area contributed by atoms with E-state index in [1.165, 1.54) is 18.6 Å². The van der Waals surface area contributed by atoms with Gasteiger partial charge < -0.3 is 0 Å². The highest BCUT2D eigenvalue weighted by molar-refractivity contribution is 9.10. The fourth-order valence-corrected chi connectivity index (χ4v) is 5.22. The molecule has 0 N–H and O–H groups in total. The van der Waals surface area contributed by atoms with E-state index in [4.69, 9.17) is 0 Å². The minimum Gasteiger partial charge on any atom is -0.273 e. The number of anilines is 1. The highest BCUT2D eigenvalue weighted by atomic mass is 79.9. The molecule has 2 rings (SSSR count). The highest BCUT2D eigenvalue weighted by Crippen LogP contribution is 2.33. The van der Waals surface area contributed by atoms with Crippen LogP contribution in [0.25, 0.3) is 0 Å². The van der Waals surface area contributed by atoms with Crippen LogP contribution in [0.2, 0.25) is 0 Å². The lowest BCUT2D eigenvalue weighted by molar-refractivity contribution is -0.117. The van der Waals surface area contributed by atoms with E-state index in [0.717, 1.165) is 44.4 Å². The minimum absolute atomic E-state index is 0.0727. The molecule has 0 aliphatic heterocycles. The Hall–Kier alpha value is -1.35. The Labute approximate surface area is 191 Å². The third kappa shape index (κ3) is 8.60. The van der Waals surface area contributed by atoms with Gasteiger partial charge in [-0.15, -0.1) is 0 Å². The molecular weight excluding hydrogens is 495 g/mol. The van der Waals surface area contributed by atoms with Crippen molar-refractivity contribution in [2.75, 3.05) is 10.6 Å². The summed E-state index contributed by atoms with van der Waals surface area (Å²) in [7, 11) is -3.91. The third-order valence-corrected chi connectivity index (χ3v) is 7.12. The molecule has 0 saturated heterocycles. The second kappa shape index (κ2) is 11.5. The van der Waals surface area contributed by atoms with Gasteiger partial charge in [-0.25, -0.2) is 12.7 Å². The molecule has 0 unspecified atom stereocenters. The van der Waals surface area contributed by atoms with Gasteiger partial charge in [-0.05, 0) is 49.4 Å². The quantitative estimate of drug-likeness (QED) is 0.336. The van der Waals surface area contributed by atoms with Crippen LogP contribution in [0.1, 0.15) is 64.2 Å². The molecule has 1 amide bonds. The van der Waals surface area contributed by atoms with Crippen LogP contribution in [-0.4, -0.2) is 26.8 Å². The predicted molar refractivity (Wildman–Crippen MR) is 120 cm³/mol. The average Bonchev–Trinajstić information content (AvgIpc) is 2.67. The van der Waals surface area contributed by atoms with Gasteiger partial charge in [0.05, 0.1) is 11.9 Å². The highest BCUT2D eigenvalue weighted by Gasteiger charge is 2.33. The van der Waals surface area contributed by atoms with E-state index >= 15 is 0 Å². The summed E-state index contributed by atoms with van der Waals surface area (Å²) in [6.45, 7) is 0. The number of sulfonamides is 1. The number of rotatable bonds is 9. The molecule has 1 aromatic carbocycles. The number of nitrogens with zero attached hydrogens (tertiary/aromatic N) is 1. The molecule has 0 radical (unpaired) electrons. The Morgan fingerprint density at radius 3 is 2.29 bits per heavy atom. The van der Waals surface area contributed by atoms with E-state index < -0.39 is 27.7 Å². The number of hydrogen-bond acceptors (Lipinski definition) is 3. The summed E-state index contributed by atoms with van der Waals surface area (Å²) in [5, 5.41) is 0. The molecule has 0 heterocycles. The standard InChI is InChI=1S/C22H29BrF3NO3S/c1-31(29,30)27(20-15-13-19(23)14-16-20)21(28)12-6-11-18(22(24,25)26)10-5-9-17-7-3-2-4-8-17/h11,13-17H,2-10,12H2,1H3. The van der Waals surface area contributed by atoms with Gasteiger partial charge in [-0.1, -0.05) is 60.5 Å². The zero-order valence-corrected chi connectivity index (χ0v) is 20.0. The van der Waals surface area contributed by atoms with Crippen LogP contribution in [0.15, 0.2) is 40.4 Å². The molecule has 0 aromatic heterocycles. The van der Waals surface area contributed by atoms with Gasteiger partial charge in [0.15, 0.2) is 0 Å². The Morgan fingerprint density at radius 1 is 1.13 bits per heavy atom. The molecule has 1 saturated carbocycles. The van der Waals surface area contributed by atoms with Crippen molar-refractivity contribution in [3.8, 4) is 0 Å². The minimum atomic E-state index is -4.45. The summed E-state index contributed by atoms with van der Waals surface area (Å²) in [5.74, 6) is -0.246. The first-order valence-corrected chi connectivity index (χ1v) is 13.2. The van der Waals surface area contributed by atoms with Crippen LogP contribution in [0.3, 0.4) is 0 Å². The molecule has 174 valence electrons.